The molecule has 6 nitrogen and oxygen atoms in total. The number of alkyl halides is 3. The molecule has 2 saturated heterocycles. The number of piperidine rings is 1. The average molecular weight is 474 g/mol. The molecule has 5 rings (SSSR count). The van der Waals surface area contributed by atoms with E-state index in [4.69, 9.17) is 0 Å². The van der Waals surface area contributed by atoms with Crippen molar-refractivity contribution in [2.45, 2.75) is 31.7 Å². The Balaban J connectivity index is 1.14. The van der Waals surface area contributed by atoms with Crippen LogP contribution in [-0.4, -0.2) is 66.0 Å². The van der Waals surface area contributed by atoms with Crippen LogP contribution >= 0.6 is 0 Å². The van der Waals surface area contributed by atoms with Crippen LogP contribution in [0.15, 0.2) is 60.1 Å². The topological polar surface area (TPSA) is 50.9 Å². The minimum Gasteiger partial charge on any atom is -0.356 e. The summed E-state index contributed by atoms with van der Waals surface area (Å²) in [5, 5.41) is 6.73. The first-order valence-corrected chi connectivity index (χ1v) is 11.9. The maximum Gasteiger partial charge on any atom is 0.416 e. The van der Waals surface area contributed by atoms with Crippen molar-refractivity contribution in [3.63, 3.8) is 0 Å². The second-order valence-electron chi connectivity index (χ2n) is 9.35. The first kappa shape index (κ1) is 23.0. The Morgan fingerprint density at radius 1 is 1.00 bits per heavy atom. The molecule has 1 amide bonds. The van der Waals surface area contributed by atoms with Crippen LogP contribution in [0.4, 0.5) is 13.2 Å². The van der Waals surface area contributed by atoms with Gasteiger partial charge in [-0.05, 0) is 61.2 Å². The van der Waals surface area contributed by atoms with Gasteiger partial charge in [0.2, 0.25) is 0 Å². The number of rotatable bonds is 4. The summed E-state index contributed by atoms with van der Waals surface area (Å²) >= 11 is 0. The number of fused-ring (bicyclic) bond motifs is 1. The summed E-state index contributed by atoms with van der Waals surface area (Å²) in [6.07, 6.45) is 6.31. The molecular formula is C25H30F3N5O. The standard InChI is InChI=1S/C25H30F3N5O/c26-25(27,28)21-4-1-18(2-5-21)15-31-11-13-32(14-12-31)24(34)22-17-33-16-20(3-6-23(33)30-22)19-7-9-29-10-8-19/h1-6,16-17,19,23,29-30H,7-15H2. The monoisotopic (exact) mass is 473 g/mol. The molecule has 1 unspecified atom stereocenters. The van der Waals surface area contributed by atoms with Gasteiger partial charge in [-0.25, -0.2) is 0 Å². The van der Waals surface area contributed by atoms with Crippen LogP contribution in [0.25, 0.3) is 0 Å². The molecule has 4 aliphatic rings. The summed E-state index contributed by atoms with van der Waals surface area (Å²) in [4.78, 5) is 19.2. The van der Waals surface area contributed by atoms with Gasteiger partial charge in [0.25, 0.3) is 5.91 Å². The summed E-state index contributed by atoms with van der Waals surface area (Å²) in [5.41, 5.74) is 2.14. The van der Waals surface area contributed by atoms with Gasteiger partial charge in [-0.1, -0.05) is 18.2 Å². The number of carbonyl (C=O) groups excluding carboxylic acids is 1. The molecule has 9 heteroatoms. The fourth-order valence-electron chi connectivity index (χ4n) is 5.03. The molecule has 34 heavy (non-hydrogen) atoms. The van der Waals surface area contributed by atoms with Crippen LogP contribution in [0.2, 0.25) is 0 Å². The van der Waals surface area contributed by atoms with E-state index in [0.29, 0.717) is 44.3 Å². The summed E-state index contributed by atoms with van der Waals surface area (Å²) in [6.45, 7) is 5.22. The predicted octanol–water partition coefficient (Wildman–Crippen LogP) is 2.88. The summed E-state index contributed by atoms with van der Waals surface area (Å²) in [7, 11) is 0. The number of nitrogens with one attached hydrogen (secondary N) is 2. The first-order valence-electron chi connectivity index (χ1n) is 11.9. The molecule has 1 atom stereocenters. The van der Waals surface area contributed by atoms with Gasteiger partial charge in [0.1, 0.15) is 11.9 Å². The van der Waals surface area contributed by atoms with E-state index in [0.717, 1.165) is 43.6 Å². The van der Waals surface area contributed by atoms with Gasteiger partial charge in [0, 0.05) is 45.1 Å². The Bertz CT molecular complexity index is 987. The summed E-state index contributed by atoms with van der Waals surface area (Å²) < 4.78 is 38.3. The number of benzene rings is 1. The third kappa shape index (κ3) is 5.00. The smallest absolute Gasteiger partial charge is 0.356 e. The van der Waals surface area contributed by atoms with E-state index in [1.165, 1.54) is 17.7 Å². The molecule has 182 valence electrons. The van der Waals surface area contributed by atoms with Crippen LogP contribution < -0.4 is 10.6 Å². The molecular weight excluding hydrogens is 443 g/mol. The molecule has 1 aromatic rings. The zero-order chi connectivity index (χ0) is 23.7. The molecule has 0 spiro atoms. The molecule has 1 aromatic carbocycles. The SMILES string of the molecule is O=C(C1=CN2C=C(C3CCNCC3)C=CC2N1)N1CCN(Cc2ccc(C(F)(F)F)cc2)CC1. The van der Waals surface area contributed by atoms with E-state index in [9.17, 15) is 18.0 Å². The number of hydrogen-bond acceptors (Lipinski definition) is 5. The highest BCUT2D eigenvalue weighted by Crippen LogP contribution is 2.30. The van der Waals surface area contributed by atoms with E-state index in [-0.39, 0.29) is 12.1 Å². The fraction of sp³-hybridized carbons (Fsp3) is 0.480. The molecule has 4 aliphatic heterocycles. The second-order valence-corrected chi connectivity index (χ2v) is 9.35. The fourth-order valence-corrected chi connectivity index (χ4v) is 5.03. The van der Waals surface area contributed by atoms with Crippen molar-refractivity contribution < 1.29 is 18.0 Å². The highest BCUT2D eigenvalue weighted by molar-refractivity contribution is 5.93. The minimum absolute atomic E-state index is 0.00574. The lowest BCUT2D eigenvalue weighted by molar-refractivity contribution is -0.137. The van der Waals surface area contributed by atoms with Gasteiger partial charge in [-0.3, -0.25) is 9.69 Å². The maximum atomic E-state index is 13.1. The Kier molecular flexibility index (Phi) is 6.40. The van der Waals surface area contributed by atoms with Crippen LogP contribution in [0.5, 0.6) is 0 Å². The minimum atomic E-state index is -4.32. The molecule has 4 heterocycles. The van der Waals surface area contributed by atoms with Crippen molar-refractivity contribution in [1.82, 2.24) is 25.3 Å². The van der Waals surface area contributed by atoms with Gasteiger partial charge in [-0.2, -0.15) is 13.2 Å². The lowest BCUT2D eigenvalue weighted by Gasteiger charge is -2.35. The number of piperazine rings is 1. The Morgan fingerprint density at radius 2 is 1.71 bits per heavy atom. The third-order valence-corrected chi connectivity index (χ3v) is 7.06. The van der Waals surface area contributed by atoms with Crippen molar-refractivity contribution >= 4 is 5.91 Å². The predicted molar refractivity (Wildman–Crippen MR) is 123 cm³/mol. The number of allylic oxidation sites excluding steroid dienone is 2. The van der Waals surface area contributed by atoms with E-state index in [2.05, 4.69) is 38.8 Å². The van der Waals surface area contributed by atoms with Crippen molar-refractivity contribution in [3.05, 3.63) is 71.2 Å². The zero-order valence-corrected chi connectivity index (χ0v) is 19.0. The van der Waals surface area contributed by atoms with E-state index >= 15 is 0 Å². The third-order valence-electron chi connectivity index (χ3n) is 7.06. The lowest BCUT2D eigenvalue weighted by atomic mass is 9.89. The highest BCUT2D eigenvalue weighted by atomic mass is 19.4. The van der Waals surface area contributed by atoms with E-state index < -0.39 is 11.7 Å². The quantitative estimate of drug-likeness (QED) is 0.705. The second kappa shape index (κ2) is 9.46. The van der Waals surface area contributed by atoms with Gasteiger partial charge >= 0.3 is 6.18 Å². The Labute approximate surface area is 197 Å². The molecule has 0 radical (unpaired) electrons. The van der Waals surface area contributed by atoms with Crippen LogP contribution in [0.1, 0.15) is 24.0 Å². The lowest BCUT2D eigenvalue weighted by Crippen LogP contribution is -2.49. The summed E-state index contributed by atoms with van der Waals surface area (Å²) in [5.74, 6) is 0.554. The zero-order valence-electron chi connectivity index (χ0n) is 19.0. The van der Waals surface area contributed by atoms with Crippen molar-refractivity contribution in [2.24, 2.45) is 5.92 Å². The molecule has 0 bridgehead atoms. The van der Waals surface area contributed by atoms with Crippen molar-refractivity contribution in [1.29, 1.82) is 0 Å². The van der Waals surface area contributed by atoms with Gasteiger partial charge in [-0.15, -0.1) is 0 Å². The van der Waals surface area contributed by atoms with Gasteiger partial charge in [0.05, 0.1) is 5.56 Å². The van der Waals surface area contributed by atoms with Crippen LogP contribution in [-0.2, 0) is 17.5 Å². The van der Waals surface area contributed by atoms with Crippen molar-refractivity contribution in [2.75, 3.05) is 39.3 Å². The van der Waals surface area contributed by atoms with E-state index in [1.54, 1.807) is 0 Å². The Morgan fingerprint density at radius 3 is 2.38 bits per heavy atom. The summed E-state index contributed by atoms with van der Waals surface area (Å²) in [6, 6.07) is 5.31. The van der Waals surface area contributed by atoms with Crippen LogP contribution in [0, 0.1) is 5.92 Å². The first-order chi connectivity index (χ1) is 16.4. The van der Waals surface area contributed by atoms with Gasteiger partial charge < -0.3 is 20.4 Å². The van der Waals surface area contributed by atoms with Crippen LogP contribution in [0.3, 0.4) is 0 Å². The Hall–Kier alpha value is -2.78. The average Bonchev–Trinajstić information content (AvgIpc) is 3.28. The number of nitrogens with zero attached hydrogens (tertiary/aromatic N) is 3. The van der Waals surface area contributed by atoms with Gasteiger partial charge in [0.15, 0.2) is 0 Å². The molecule has 2 N–H and O–H groups in total. The van der Waals surface area contributed by atoms with E-state index in [1.807, 2.05) is 11.1 Å². The number of hydrogen-bond donors (Lipinski definition) is 2. The normalized spacial score (nSPS) is 23.9. The largest absolute Gasteiger partial charge is 0.416 e. The molecule has 0 aromatic heterocycles. The number of halogens is 3. The number of amides is 1. The van der Waals surface area contributed by atoms with Crippen molar-refractivity contribution in [3.8, 4) is 0 Å². The maximum absolute atomic E-state index is 13.1. The molecule has 0 saturated carbocycles. The molecule has 0 aliphatic carbocycles. The number of carbonyl (C=O) groups is 1. The molecule has 2 fully saturated rings. The highest BCUT2D eigenvalue weighted by Gasteiger charge is 2.32.